The monoisotopic (exact) mass is 663 g/mol. The summed E-state index contributed by atoms with van der Waals surface area (Å²) in [6.07, 6.45) is -7.05. The molecule has 0 aliphatic carbocycles. The van der Waals surface area contributed by atoms with Gasteiger partial charge < -0.3 is 55.7 Å². The molecule has 240 valence electrons. The Bertz CT molecular complexity index is 1630. The second-order valence-corrected chi connectivity index (χ2v) is 12.7. The van der Waals surface area contributed by atoms with Gasteiger partial charge in [0.2, 0.25) is 0 Å². The SMILES string of the molecule is NC(=O)c1ccc[n+]([C@@H]2O[C@H](COP(=O)([O-])OP(=O)(O)OC[C@H]3O[C@@H](n4cnc5c(N)ncnc54)[C@@H](O)C3O)[C@H](O)C2O)c1. The first kappa shape index (κ1) is 32.4. The fourth-order valence-electron chi connectivity index (χ4n) is 4.57. The number of rotatable bonds is 11. The predicted molar refractivity (Wildman–Crippen MR) is 137 cm³/mol. The number of primary amides is 1. The van der Waals surface area contributed by atoms with Crippen LogP contribution in [0.5, 0.6) is 0 Å². The van der Waals surface area contributed by atoms with Crippen LogP contribution in [0, 0.1) is 0 Å². The van der Waals surface area contributed by atoms with Crippen LogP contribution in [0.15, 0.2) is 37.2 Å². The number of pyridine rings is 1. The Labute approximate surface area is 246 Å². The van der Waals surface area contributed by atoms with Gasteiger partial charge in [0.1, 0.15) is 47.9 Å². The lowest BCUT2D eigenvalue weighted by molar-refractivity contribution is -0.765. The number of fused-ring (bicyclic) bond motifs is 1. The number of aliphatic hydroxyl groups excluding tert-OH is 4. The molecular weight excluding hydrogens is 636 g/mol. The smallest absolute Gasteiger partial charge is 0.478 e. The van der Waals surface area contributed by atoms with Crippen LogP contribution in [-0.4, -0.2) is 101 Å². The number of imidazole rings is 1. The summed E-state index contributed by atoms with van der Waals surface area (Å²) >= 11 is 0. The Morgan fingerprint density at radius 1 is 1.05 bits per heavy atom. The number of nitrogens with two attached hydrogens (primary N) is 2. The standard InChI is InChI=1S/C21H27N7O14P2/c22-17-12-19(25-7-24-17)28(8-26-12)21-16(32)14(30)11(41-21)6-39-44(36,37)42-43(34,35)38-5-10-13(29)15(31)20(40-10)27-3-1-2-9(4-27)18(23)33/h1-4,7-8,10-11,13-16,20-21,29-32H,5-6H2,(H5-,22,23,24,25,33,34,35,36,37)/t10-,11-,13+,14?,15?,16+,20-,21-/m1/s1. The summed E-state index contributed by atoms with van der Waals surface area (Å²) in [5.41, 5.74) is 11.4. The summed E-state index contributed by atoms with van der Waals surface area (Å²) in [6.45, 7) is -1.89. The van der Waals surface area contributed by atoms with Gasteiger partial charge in [0, 0.05) is 6.07 Å². The Hall–Kier alpha value is -3.01. The summed E-state index contributed by atoms with van der Waals surface area (Å²) in [6, 6.07) is 2.82. The molecule has 0 aromatic carbocycles. The van der Waals surface area contributed by atoms with Crippen molar-refractivity contribution in [2.24, 2.45) is 5.73 Å². The molecule has 0 saturated carbocycles. The van der Waals surface area contributed by atoms with Gasteiger partial charge in [-0.2, -0.15) is 4.57 Å². The van der Waals surface area contributed by atoms with E-state index in [0.717, 1.165) is 6.33 Å². The van der Waals surface area contributed by atoms with Crippen molar-refractivity contribution < 1.29 is 71.5 Å². The fourth-order valence-corrected chi connectivity index (χ4v) is 6.62. The third-order valence-corrected chi connectivity index (χ3v) is 9.30. The van der Waals surface area contributed by atoms with Crippen LogP contribution >= 0.6 is 15.6 Å². The minimum absolute atomic E-state index is 0.0446. The minimum Gasteiger partial charge on any atom is -0.756 e. The van der Waals surface area contributed by atoms with Crippen LogP contribution in [-0.2, 0) is 32.0 Å². The number of ether oxygens (including phenoxy) is 2. The molecule has 1 amide bonds. The molecule has 0 spiro atoms. The zero-order valence-electron chi connectivity index (χ0n) is 22.2. The first-order valence-corrected chi connectivity index (χ1v) is 15.5. The first-order valence-electron chi connectivity index (χ1n) is 12.6. The van der Waals surface area contributed by atoms with Gasteiger partial charge in [-0.3, -0.25) is 18.5 Å². The molecule has 0 bridgehead atoms. The lowest BCUT2D eigenvalue weighted by atomic mass is 10.1. The van der Waals surface area contributed by atoms with E-state index in [0.29, 0.717) is 0 Å². The lowest BCUT2D eigenvalue weighted by Gasteiger charge is -2.26. The van der Waals surface area contributed by atoms with Crippen molar-refractivity contribution in [3.05, 3.63) is 42.7 Å². The molecule has 5 heterocycles. The van der Waals surface area contributed by atoms with E-state index in [9.17, 15) is 44.1 Å². The van der Waals surface area contributed by atoms with Crippen LogP contribution in [0.2, 0.25) is 0 Å². The molecule has 23 heteroatoms. The molecule has 2 fully saturated rings. The number of aromatic nitrogens is 5. The second kappa shape index (κ2) is 12.4. The van der Waals surface area contributed by atoms with Crippen LogP contribution in [0.3, 0.4) is 0 Å². The normalized spacial score (nSPS) is 31.6. The van der Waals surface area contributed by atoms with E-state index >= 15 is 0 Å². The van der Waals surface area contributed by atoms with E-state index in [1.165, 1.54) is 40.0 Å². The van der Waals surface area contributed by atoms with Gasteiger partial charge in [-0.15, -0.1) is 0 Å². The van der Waals surface area contributed by atoms with Gasteiger partial charge in [-0.25, -0.2) is 23.8 Å². The Kier molecular flexibility index (Phi) is 9.13. The number of carbonyl (C=O) groups is 1. The fraction of sp³-hybridized carbons (Fsp3) is 0.476. The maximum Gasteiger partial charge on any atom is 0.478 e. The van der Waals surface area contributed by atoms with Crippen molar-refractivity contribution in [1.82, 2.24) is 19.5 Å². The maximum atomic E-state index is 12.4. The van der Waals surface area contributed by atoms with E-state index in [-0.39, 0.29) is 22.5 Å². The van der Waals surface area contributed by atoms with Gasteiger partial charge in [0.15, 0.2) is 36.2 Å². The number of hydrogen-bond acceptors (Lipinski definition) is 17. The van der Waals surface area contributed by atoms with E-state index in [1.54, 1.807) is 0 Å². The number of carbonyl (C=O) groups excluding carboxylic acids is 1. The molecule has 21 nitrogen and oxygen atoms in total. The van der Waals surface area contributed by atoms with Crippen LogP contribution in [0.4, 0.5) is 5.82 Å². The zero-order chi connectivity index (χ0) is 32.0. The van der Waals surface area contributed by atoms with Crippen LogP contribution in [0.25, 0.3) is 11.2 Å². The summed E-state index contributed by atoms with van der Waals surface area (Å²) in [4.78, 5) is 45.5. The highest BCUT2D eigenvalue weighted by atomic mass is 31.3. The van der Waals surface area contributed by atoms with Gasteiger partial charge in [0.25, 0.3) is 20.0 Å². The molecule has 3 aromatic heterocycles. The molecule has 2 saturated heterocycles. The third kappa shape index (κ3) is 6.65. The lowest BCUT2D eigenvalue weighted by Crippen LogP contribution is -2.46. The number of amides is 1. The van der Waals surface area contributed by atoms with E-state index in [4.69, 9.17) is 20.9 Å². The van der Waals surface area contributed by atoms with Crippen LogP contribution in [0.1, 0.15) is 22.8 Å². The Morgan fingerprint density at radius 2 is 1.73 bits per heavy atom. The highest BCUT2D eigenvalue weighted by Gasteiger charge is 2.49. The Morgan fingerprint density at radius 3 is 2.45 bits per heavy atom. The highest BCUT2D eigenvalue weighted by Crippen LogP contribution is 2.58. The molecule has 9 N–H and O–H groups in total. The number of phosphoric ester groups is 2. The number of aliphatic hydroxyl groups is 4. The summed E-state index contributed by atoms with van der Waals surface area (Å²) in [5, 5.41) is 41.6. The van der Waals surface area contributed by atoms with Crippen LogP contribution < -0.4 is 20.9 Å². The number of anilines is 1. The average molecular weight is 663 g/mol. The van der Waals surface area contributed by atoms with Gasteiger partial charge in [0.05, 0.1) is 19.5 Å². The Balaban J connectivity index is 1.16. The summed E-state index contributed by atoms with van der Waals surface area (Å²) in [5.74, 6) is -0.729. The third-order valence-electron chi connectivity index (χ3n) is 6.74. The molecule has 44 heavy (non-hydrogen) atoms. The largest absolute Gasteiger partial charge is 0.756 e. The minimum atomic E-state index is -5.62. The first-order chi connectivity index (χ1) is 20.7. The number of phosphoric acid groups is 2. The molecule has 0 radical (unpaired) electrons. The summed E-state index contributed by atoms with van der Waals surface area (Å²) in [7, 11) is -11.0. The van der Waals surface area contributed by atoms with Crippen molar-refractivity contribution in [3.8, 4) is 0 Å². The molecule has 10 atom stereocenters. The van der Waals surface area contributed by atoms with E-state index in [2.05, 4.69) is 28.3 Å². The average Bonchev–Trinajstić information content (AvgIpc) is 3.61. The number of nitrogens with zero attached hydrogens (tertiary/aromatic N) is 5. The topological polar surface area (TPSA) is 321 Å². The van der Waals surface area contributed by atoms with Crippen molar-refractivity contribution >= 4 is 38.5 Å². The number of nitrogen functional groups attached to an aromatic ring is 1. The summed E-state index contributed by atoms with van der Waals surface area (Å²) < 4.78 is 51.5. The molecule has 5 rings (SSSR count). The van der Waals surface area contributed by atoms with Crippen molar-refractivity contribution in [1.29, 1.82) is 0 Å². The molecule has 2 aliphatic heterocycles. The molecule has 4 unspecified atom stereocenters. The number of hydrogen-bond donors (Lipinski definition) is 7. The van der Waals surface area contributed by atoms with Gasteiger partial charge in [-0.05, 0) is 6.07 Å². The molecule has 3 aromatic rings. The van der Waals surface area contributed by atoms with Crippen molar-refractivity contribution in [2.45, 2.75) is 49.1 Å². The van der Waals surface area contributed by atoms with Gasteiger partial charge in [-0.1, -0.05) is 0 Å². The quantitative estimate of drug-likeness (QED) is 0.0768. The highest BCUT2D eigenvalue weighted by molar-refractivity contribution is 7.60. The predicted octanol–water partition coefficient (Wildman–Crippen LogP) is -3.65. The van der Waals surface area contributed by atoms with Crippen molar-refractivity contribution in [3.63, 3.8) is 0 Å². The molecule has 2 aliphatic rings. The van der Waals surface area contributed by atoms with E-state index < -0.39 is 83.8 Å². The van der Waals surface area contributed by atoms with E-state index in [1.807, 2.05) is 0 Å². The van der Waals surface area contributed by atoms with Crippen molar-refractivity contribution in [2.75, 3.05) is 18.9 Å². The zero-order valence-corrected chi connectivity index (χ0v) is 24.0. The molecular formula is C21H27N7O14P2. The second-order valence-electron chi connectivity index (χ2n) is 9.67. The van der Waals surface area contributed by atoms with Gasteiger partial charge >= 0.3 is 7.82 Å². The maximum absolute atomic E-state index is 12.4.